The number of carbonyl (C=O) groups excluding carboxylic acids is 2. The number of likely N-dealkylation sites (tertiary alicyclic amines) is 1. The molecule has 21 heavy (non-hydrogen) atoms. The average molecular weight is 354 g/mol. The van der Waals surface area contributed by atoms with Crippen molar-refractivity contribution in [3.63, 3.8) is 0 Å². The highest BCUT2D eigenvalue weighted by Crippen LogP contribution is 2.34. The summed E-state index contributed by atoms with van der Waals surface area (Å²) in [6, 6.07) is 3.71. The number of amides is 2. The second-order valence-corrected chi connectivity index (χ2v) is 6.01. The Morgan fingerprint density at radius 2 is 2.05 bits per heavy atom. The van der Waals surface area contributed by atoms with Crippen LogP contribution in [0, 0.1) is 10.1 Å². The van der Waals surface area contributed by atoms with Gasteiger partial charge in [-0.05, 0) is 34.8 Å². The lowest BCUT2D eigenvalue weighted by atomic mass is 10.2. The van der Waals surface area contributed by atoms with Gasteiger partial charge in [-0.25, -0.2) is 0 Å². The second kappa shape index (κ2) is 5.10. The molecule has 2 amide bonds. The van der Waals surface area contributed by atoms with Gasteiger partial charge in [-0.2, -0.15) is 0 Å². The first-order chi connectivity index (χ1) is 9.97. The Morgan fingerprint density at radius 1 is 1.33 bits per heavy atom. The molecule has 1 aliphatic carbocycles. The number of carbonyl (C=O) groups is 2. The number of benzene rings is 1. The molecule has 1 aromatic rings. The maximum Gasteiger partial charge on any atom is 0.270 e. The molecule has 1 N–H and O–H groups in total. The normalized spacial score (nSPS) is 21.8. The molecule has 3 rings (SSSR count). The molecule has 0 aromatic heterocycles. The van der Waals surface area contributed by atoms with Crippen molar-refractivity contribution in [2.75, 3.05) is 5.32 Å². The van der Waals surface area contributed by atoms with Crippen LogP contribution in [-0.4, -0.2) is 33.7 Å². The molecule has 8 heteroatoms. The number of hydrogen-bond acceptors (Lipinski definition) is 5. The smallest absolute Gasteiger partial charge is 0.270 e. The van der Waals surface area contributed by atoms with Crippen molar-refractivity contribution in [1.82, 2.24) is 4.90 Å². The summed E-state index contributed by atoms with van der Waals surface area (Å²) in [5.41, 5.74) is 0.519. The molecule has 1 saturated carbocycles. The lowest BCUT2D eigenvalue weighted by Crippen LogP contribution is -2.36. The van der Waals surface area contributed by atoms with E-state index in [0.717, 1.165) is 12.8 Å². The number of anilines is 1. The summed E-state index contributed by atoms with van der Waals surface area (Å²) in [5, 5.41) is 13.7. The fraction of sp³-hybridized carbons (Fsp3) is 0.385. The molecule has 1 atom stereocenters. The van der Waals surface area contributed by atoms with Crippen molar-refractivity contribution in [2.24, 2.45) is 0 Å². The van der Waals surface area contributed by atoms with Gasteiger partial charge in [0.05, 0.1) is 11.3 Å². The first-order valence-corrected chi connectivity index (χ1v) is 7.33. The summed E-state index contributed by atoms with van der Waals surface area (Å²) in [4.78, 5) is 35.6. The number of hydrogen-bond donors (Lipinski definition) is 1. The third-order valence-corrected chi connectivity index (χ3v) is 4.24. The minimum Gasteiger partial charge on any atom is -0.372 e. The second-order valence-electron chi connectivity index (χ2n) is 5.16. The molecule has 7 nitrogen and oxygen atoms in total. The third kappa shape index (κ3) is 2.63. The SMILES string of the molecule is O=C1CC(Nc2ccc([N+](=O)[O-])cc2Br)C(=O)N1C1CC1. The summed E-state index contributed by atoms with van der Waals surface area (Å²) in [5.74, 6) is -0.370. The third-order valence-electron chi connectivity index (χ3n) is 3.59. The number of halogens is 1. The maximum absolute atomic E-state index is 12.2. The van der Waals surface area contributed by atoms with Crippen molar-refractivity contribution in [2.45, 2.75) is 31.3 Å². The van der Waals surface area contributed by atoms with Crippen molar-refractivity contribution < 1.29 is 14.5 Å². The highest BCUT2D eigenvalue weighted by atomic mass is 79.9. The number of nitro benzene ring substituents is 1. The highest BCUT2D eigenvalue weighted by molar-refractivity contribution is 9.10. The Balaban J connectivity index is 1.76. The van der Waals surface area contributed by atoms with E-state index in [9.17, 15) is 19.7 Å². The van der Waals surface area contributed by atoms with Crippen LogP contribution in [0.5, 0.6) is 0 Å². The summed E-state index contributed by atoms with van der Waals surface area (Å²) in [6.45, 7) is 0. The zero-order valence-corrected chi connectivity index (χ0v) is 12.5. The molecule has 1 unspecified atom stereocenters. The van der Waals surface area contributed by atoms with Crippen LogP contribution in [0.1, 0.15) is 19.3 Å². The summed E-state index contributed by atoms with van der Waals surface area (Å²) in [7, 11) is 0. The van der Waals surface area contributed by atoms with Gasteiger partial charge >= 0.3 is 0 Å². The largest absolute Gasteiger partial charge is 0.372 e. The van der Waals surface area contributed by atoms with Gasteiger partial charge in [-0.1, -0.05) is 0 Å². The Kier molecular flexibility index (Phi) is 3.40. The van der Waals surface area contributed by atoms with E-state index < -0.39 is 11.0 Å². The van der Waals surface area contributed by atoms with E-state index in [1.165, 1.54) is 23.1 Å². The zero-order chi connectivity index (χ0) is 15.1. The highest BCUT2D eigenvalue weighted by Gasteiger charge is 2.46. The zero-order valence-electron chi connectivity index (χ0n) is 10.9. The lowest BCUT2D eigenvalue weighted by molar-refractivity contribution is -0.384. The summed E-state index contributed by atoms with van der Waals surface area (Å²) < 4.78 is 0.488. The van der Waals surface area contributed by atoms with Crippen LogP contribution in [0.2, 0.25) is 0 Å². The van der Waals surface area contributed by atoms with E-state index in [1.54, 1.807) is 0 Å². The Bertz CT molecular complexity index is 644. The summed E-state index contributed by atoms with van der Waals surface area (Å²) in [6.07, 6.45) is 1.88. The quantitative estimate of drug-likeness (QED) is 0.508. The van der Waals surface area contributed by atoms with E-state index in [-0.39, 0.29) is 30.0 Å². The fourth-order valence-corrected chi connectivity index (χ4v) is 2.88. The topological polar surface area (TPSA) is 92.5 Å². The van der Waals surface area contributed by atoms with Crippen molar-refractivity contribution >= 4 is 39.1 Å². The Morgan fingerprint density at radius 3 is 2.62 bits per heavy atom. The predicted octanol–water partition coefficient (Wildman–Crippen LogP) is 2.06. The Labute approximate surface area is 128 Å². The van der Waals surface area contributed by atoms with Gasteiger partial charge in [0.1, 0.15) is 6.04 Å². The molecule has 0 bridgehead atoms. The van der Waals surface area contributed by atoms with Gasteiger partial charge in [0.15, 0.2) is 0 Å². The number of nitro groups is 1. The molecule has 1 saturated heterocycles. The van der Waals surface area contributed by atoms with E-state index >= 15 is 0 Å². The monoisotopic (exact) mass is 353 g/mol. The van der Waals surface area contributed by atoms with Gasteiger partial charge in [0.25, 0.3) is 11.6 Å². The number of rotatable bonds is 4. The lowest BCUT2D eigenvalue weighted by Gasteiger charge is -2.15. The molecule has 0 radical (unpaired) electrons. The molecule has 2 aliphatic rings. The number of imide groups is 1. The first-order valence-electron chi connectivity index (χ1n) is 6.54. The molecular formula is C13H12BrN3O4. The van der Waals surface area contributed by atoms with Crippen molar-refractivity contribution in [3.8, 4) is 0 Å². The van der Waals surface area contributed by atoms with E-state index in [4.69, 9.17) is 0 Å². The molecule has 0 spiro atoms. The predicted molar refractivity (Wildman–Crippen MR) is 77.7 cm³/mol. The van der Waals surface area contributed by atoms with Crippen molar-refractivity contribution in [3.05, 3.63) is 32.8 Å². The Hall–Kier alpha value is -1.96. The average Bonchev–Trinajstić information content (AvgIpc) is 3.20. The molecule has 1 aliphatic heterocycles. The van der Waals surface area contributed by atoms with Crippen LogP contribution in [0.25, 0.3) is 0 Å². The van der Waals surface area contributed by atoms with E-state index in [1.807, 2.05) is 0 Å². The van der Waals surface area contributed by atoms with E-state index in [2.05, 4.69) is 21.2 Å². The van der Waals surface area contributed by atoms with Gasteiger partial charge < -0.3 is 5.32 Å². The van der Waals surface area contributed by atoms with Gasteiger partial charge in [0.2, 0.25) is 5.91 Å². The molecule has 1 aromatic carbocycles. The van der Waals surface area contributed by atoms with Crippen LogP contribution in [-0.2, 0) is 9.59 Å². The van der Waals surface area contributed by atoms with Crippen LogP contribution in [0.15, 0.2) is 22.7 Å². The maximum atomic E-state index is 12.2. The molecular weight excluding hydrogens is 342 g/mol. The summed E-state index contributed by atoms with van der Waals surface area (Å²) >= 11 is 3.24. The van der Waals surface area contributed by atoms with Crippen LogP contribution in [0.3, 0.4) is 0 Å². The fourth-order valence-electron chi connectivity index (χ4n) is 2.40. The van der Waals surface area contributed by atoms with Crippen LogP contribution < -0.4 is 5.32 Å². The number of nitrogens with one attached hydrogen (secondary N) is 1. The minimum absolute atomic E-state index is 0.0409. The van der Waals surface area contributed by atoms with Crippen LogP contribution in [0.4, 0.5) is 11.4 Å². The number of non-ortho nitro benzene ring substituents is 1. The van der Waals surface area contributed by atoms with Crippen LogP contribution >= 0.6 is 15.9 Å². The van der Waals surface area contributed by atoms with Gasteiger partial charge in [0, 0.05) is 28.3 Å². The molecule has 110 valence electrons. The molecule has 2 fully saturated rings. The van der Waals surface area contributed by atoms with Gasteiger partial charge in [-0.3, -0.25) is 24.6 Å². The van der Waals surface area contributed by atoms with E-state index in [0.29, 0.717) is 10.2 Å². The minimum atomic E-state index is -0.601. The standard InChI is InChI=1S/C13H12BrN3O4/c14-9-5-8(17(20)21)3-4-10(9)15-11-6-12(18)16(13(11)19)7-1-2-7/h3-5,7,11,15H,1-2,6H2. The van der Waals surface area contributed by atoms with Crippen molar-refractivity contribution in [1.29, 1.82) is 0 Å². The van der Waals surface area contributed by atoms with Gasteiger partial charge in [-0.15, -0.1) is 0 Å². The first kappa shape index (κ1) is 14.0. The number of nitrogens with zero attached hydrogens (tertiary/aromatic N) is 2. The molecule has 1 heterocycles.